The fourth-order valence-electron chi connectivity index (χ4n) is 2.40. The van der Waals surface area contributed by atoms with Gasteiger partial charge in [-0.2, -0.15) is 0 Å². The summed E-state index contributed by atoms with van der Waals surface area (Å²) in [4.78, 5) is 19.6. The van der Waals surface area contributed by atoms with Gasteiger partial charge in [0.1, 0.15) is 12.3 Å². The van der Waals surface area contributed by atoms with Crippen molar-refractivity contribution in [1.29, 1.82) is 0 Å². The Morgan fingerprint density at radius 2 is 2.33 bits per heavy atom. The van der Waals surface area contributed by atoms with E-state index in [1.54, 1.807) is 36.6 Å². The van der Waals surface area contributed by atoms with E-state index in [4.69, 9.17) is 4.74 Å². The van der Waals surface area contributed by atoms with E-state index in [1.165, 1.54) is 9.78 Å². The molecular formula is C15H18N3O2S+. The fourth-order valence-corrected chi connectivity index (χ4v) is 3.52. The Bertz CT molecular complexity index is 669. The third-order valence-electron chi connectivity index (χ3n) is 3.58. The predicted octanol–water partition coefficient (Wildman–Crippen LogP) is 0.975. The molecule has 1 aromatic carbocycles. The second-order valence-corrected chi connectivity index (χ2v) is 6.29. The summed E-state index contributed by atoms with van der Waals surface area (Å²) in [5.74, 6) is 0.520. The van der Waals surface area contributed by atoms with Gasteiger partial charge in [-0.05, 0) is 18.2 Å². The number of carbonyl (C=O) groups excluding carboxylic acids is 1. The number of methoxy groups -OCH3 is 1. The van der Waals surface area contributed by atoms with Crippen LogP contribution in [0.1, 0.15) is 20.9 Å². The summed E-state index contributed by atoms with van der Waals surface area (Å²) < 4.78 is 5.14. The smallest absolute Gasteiger partial charge is 0.257 e. The average molecular weight is 304 g/mol. The molecule has 21 heavy (non-hydrogen) atoms. The van der Waals surface area contributed by atoms with Crippen LogP contribution in [0.25, 0.3) is 0 Å². The molecule has 1 aromatic heterocycles. The fraction of sp³-hybridized carbons (Fsp3) is 0.333. The van der Waals surface area contributed by atoms with Gasteiger partial charge in [0.05, 0.1) is 31.3 Å². The van der Waals surface area contributed by atoms with Crippen LogP contribution in [0, 0.1) is 0 Å². The summed E-state index contributed by atoms with van der Waals surface area (Å²) >= 11 is 1.58. The number of carbonyl (C=O) groups is 1. The van der Waals surface area contributed by atoms with Crippen LogP contribution in [0.5, 0.6) is 5.75 Å². The van der Waals surface area contributed by atoms with Gasteiger partial charge in [-0.1, -0.05) is 17.4 Å². The zero-order valence-corrected chi connectivity index (χ0v) is 12.9. The maximum Gasteiger partial charge on any atom is 0.257 e. The highest BCUT2D eigenvalue weighted by molar-refractivity contribution is 7.15. The van der Waals surface area contributed by atoms with Crippen LogP contribution in [-0.2, 0) is 13.0 Å². The number of aromatic nitrogens is 1. The van der Waals surface area contributed by atoms with Gasteiger partial charge in [0.15, 0.2) is 5.13 Å². The minimum Gasteiger partial charge on any atom is -0.497 e. The highest BCUT2D eigenvalue weighted by Gasteiger charge is 2.21. The Morgan fingerprint density at radius 1 is 1.48 bits per heavy atom. The van der Waals surface area contributed by atoms with Crippen LogP contribution in [0.4, 0.5) is 5.13 Å². The number of thiazole rings is 1. The largest absolute Gasteiger partial charge is 0.497 e. The molecule has 0 radical (unpaired) electrons. The molecule has 2 aromatic rings. The Balaban J connectivity index is 1.75. The van der Waals surface area contributed by atoms with Crippen molar-refractivity contribution >= 4 is 22.4 Å². The van der Waals surface area contributed by atoms with Crippen LogP contribution < -0.4 is 15.0 Å². The SMILES string of the molecule is COc1cccc(C(=O)Nc2nc3c(s2)C[NH+](C)CC3)c1. The maximum absolute atomic E-state index is 12.3. The number of nitrogens with one attached hydrogen (secondary N) is 2. The van der Waals surface area contributed by atoms with Crippen molar-refractivity contribution in [2.24, 2.45) is 0 Å². The van der Waals surface area contributed by atoms with Crippen molar-refractivity contribution in [1.82, 2.24) is 4.98 Å². The number of fused-ring (bicyclic) bond motifs is 1. The first kappa shape index (κ1) is 14.0. The van der Waals surface area contributed by atoms with E-state index in [2.05, 4.69) is 17.3 Å². The van der Waals surface area contributed by atoms with E-state index in [9.17, 15) is 4.79 Å². The topological polar surface area (TPSA) is 55.7 Å². The molecular weight excluding hydrogens is 286 g/mol. The molecule has 1 aliphatic rings. The molecule has 6 heteroatoms. The van der Waals surface area contributed by atoms with E-state index in [1.807, 2.05) is 6.07 Å². The molecule has 0 bridgehead atoms. The first-order valence-electron chi connectivity index (χ1n) is 6.91. The van der Waals surface area contributed by atoms with E-state index in [-0.39, 0.29) is 5.91 Å². The lowest BCUT2D eigenvalue weighted by Crippen LogP contribution is -3.08. The number of hydrogen-bond donors (Lipinski definition) is 2. The van der Waals surface area contributed by atoms with Gasteiger partial charge in [0.25, 0.3) is 5.91 Å². The molecule has 5 nitrogen and oxygen atoms in total. The average Bonchev–Trinajstić information content (AvgIpc) is 2.88. The van der Waals surface area contributed by atoms with Gasteiger partial charge >= 0.3 is 0 Å². The number of likely N-dealkylation sites (N-methyl/N-ethyl adjacent to an activating group) is 1. The third kappa shape index (κ3) is 3.06. The number of hydrogen-bond acceptors (Lipinski definition) is 4. The zero-order valence-electron chi connectivity index (χ0n) is 12.1. The lowest BCUT2D eigenvalue weighted by atomic mass is 10.2. The lowest BCUT2D eigenvalue weighted by molar-refractivity contribution is -0.895. The number of amides is 1. The van der Waals surface area contributed by atoms with Crippen molar-refractivity contribution in [3.63, 3.8) is 0 Å². The summed E-state index contributed by atoms with van der Waals surface area (Å²) in [6.07, 6.45) is 0.979. The number of anilines is 1. The number of nitrogens with zero attached hydrogens (tertiary/aromatic N) is 1. The molecule has 0 fully saturated rings. The van der Waals surface area contributed by atoms with Crippen molar-refractivity contribution in [2.75, 3.05) is 26.0 Å². The Morgan fingerprint density at radius 3 is 3.14 bits per heavy atom. The Kier molecular flexibility index (Phi) is 3.90. The van der Waals surface area contributed by atoms with E-state index < -0.39 is 0 Å². The van der Waals surface area contributed by atoms with E-state index >= 15 is 0 Å². The van der Waals surface area contributed by atoms with E-state index in [0.29, 0.717) is 16.4 Å². The van der Waals surface area contributed by atoms with Crippen LogP contribution in [0.3, 0.4) is 0 Å². The minimum atomic E-state index is -0.152. The quantitative estimate of drug-likeness (QED) is 0.888. The molecule has 0 saturated carbocycles. The third-order valence-corrected chi connectivity index (χ3v) is 4.59. The molecule has 1 aliphatic heterocycles. The molecule has 1 unspecified atom stereocenters. The standard InChI is InChI=1S/C15H17N3O2S/c1-18-7-6-12-13(9-18)21-15(16-12)17-14(19)10-4-3-5-11(8-10)20-2/h3-5,8H,6-7,9H2,1-2H3,(H,16,17,19)/p+1. The molecule has 0 aliphatic carbocycles. The molecule has 2 heterocycles. The molecule has 3 rings (SSSR count). The molecule has 1 atom stereocenters. The van der Waals surface area contributed by atoms with Gasteiger partial charge < -0.3 is 9.64 Å². The summed E-state index contributed by atoms with van der Waals surface area (Å²) in [5, 5.41) is 3.57. The van der Waals surface area contributed by atoms with Crippen molar-refractivity contribution in [3.05, 3.63) is 40.4 Å². The summed E-state index contributed by atoms with van der Waals surface area (Å²) in [6, 6.07) is 7.11. The molecule has 0 spiro atoms. The number of ether oxygens (including phenoxy) is 1. The van der Waals surface area contributed by atoms with Crippen molar-refractivity contribution < 1.29 is 14.4 Å². The van der Waals surface area contributed by atoms with Crippen LogP contribution in [0.2, 0.25) is 0 Å². The van der Waals surface area contributed by atoms with Gasteiger partial charge in [-0.25, -0.2) is 4.98 Å². The van der Waals surface area contributed by atoms with E-state index in [0.717, 1.165) is 25.2 Å². The maximum atomic E-state index is 12.3. The molecule has 2 N–H and O–H groups in total. The van der Waals surface area contributed by atoms with Crippen LogP contribution in [-0.4, -0.2) is 31.6 Å². The van der Waals surface area contributed by atoms with Crippen LogP contribution in [0.15, 0.2) is 24.3 Å². The molecule has 0 saturated heterocycles. The first-order valence-corrected chi connectivity index (χ1v) is 7.72. The number of quaternary nitrogens is 1. The number of benzene rings is 1. The van der Waals surface area contributed by atoms with Crippen LogP contribution >= 0.6 is 11.3 Å². The highest BCUT2D eigenvalue weighted by atomic mass is 32.1. The normalized spacial score (nSPS) is 17.1. The second-order valence-electron chi connectivity index (χ2n) is 5.21. The van der Waals surface area contributed by atoms with Gasteiger partial charge in [0, 0.05) is 12.0 Å². The highest BCUT2D eigenvalue weighted by Crippen LogP contribution is 2.25. The second kappa shape index (κ2) is 5.83. The molecule has 1 amide bonds. The monoisotopic (exact) mass is 304 g/mol. The predicted molar refractivity (Wildman–Crippen MR) is 82.2 cm³/mol. The Labute approximate surface area is 127 Å². The van der Waals surface area contributed by atoms with Gasteiger partial charge in [0.2, 0.25) is 0 Å². The van der Waals surface area contributed by atoms with Gasteiger partial charge in [-0.15, -0.1) is 0 Å². The summed E-state index contributed by atoms with van der Waals surface area (Å²) in [5.41, 5.74) is 1.71. The summed E-state index contributed by atoms with van der Waals surface area (Å²) in [6.45, 7) is 2.09. The lowest BCUT2D eigenvalue weighted by Gasteiger charge is -2.17. The zero-order chi connectivity index (χ0) is 14.8. The minimum absolute atomic E-state index is 0.152. The Hall–Kier alpha value is -1.92. The van der Waals surface area contributed by atoms with Crippen molar-refractivity contribution in [2.45, 2.75) is 13.0 Å². The number of rotatable bonds is 3. The first-order chi connectivity index (χ1) is 10.2. The molecule has 110 valence electrons. The summed E-state index contributed by atoms with van der Waals surface area (Å²) in [7, 11) is 3.77. The van der Waals surface area contributed by atoms with Gasteiger partial charge in [-0.3, -0.25) is 10.1 Å². The van der Waals surface area contributed by atoms with Crippen molar-refractivity contribution in [3.8, 4) is 5.75 Å².